The second-order valence-electron chi connectivity index (χ2n) is 3.76. The average Bonchev–Trinajstić information content (AvgIpc) is 2.29. The van der Waals surface area contributed by atoms with Gasteiger partial charge in [-0.1, -0.05) is 13.8 Å². The molecule has 2 rings (SSSR count). The summed E-state index contributed by atoms with van der Waals surface area (Å²) < 4.78 is 0. The molecule has 0 bridgehead atoms. The van der Waals surface area contributed by atoms with Gasteiger partial charge in [0.15, 0.2) is 0 Å². The fourth-order valence-electron chi connectivity index (χ4n) is 2.44. The van der Waals surface area contributed by atoms with E-state index in [1.54, 1.807) is 0 Å². The molecule has 8 heavy (non-hydrogen) atoms. The van der Waals surface area contributed by atoms with Gasteiger partial charge in [0, 0.05) is 0 Å². The molecule has 0 heteroatoms. The Morgan fingerprint density at radius 2 is 1.50 bits per heavy atom. The lowest BCUT2D eigenvalue weighted by Crippen LogP contribution is -1.91. The summed E-state index contributed by atoms with van der Waals surface area (Å²) in [6.45, 7) is 4.79. The number of fused-ring (bicyclic) bond motifs is 1. The molecule has 0 aromatic rings. The first-order valence-corrected chi connectivity index (χ1v) is 3.79. The van der Waals surface area contributed by atoms with Crippen LogP contribution in [0.3, 0.4) is 0 Å². The fourth-order valence-corrected chi connectivity index (χ4v) is 2.44. The molecule has 2 fully saturated rings. The Bertz CT molecular complexity index is 94.6. The predicted octanol–water partition coefficient (Wildman–Crippen LogP) is 2.30. The maximum absolute atomic E-state index is 2.40. The van der Waals surface area contributed by atoms with Gasteiger partial charge in [0.05, 0.1) is 0 Å². The lowest BCUT2D eigenvalue weighted by Gasteiger charge is -2.02. The number of hydrogen-bond donors (Lipinski definition) is 0. The first kappa shape index (κ1) is 4.84. The first-order valence-electron chi connectivity index (χ1n) is 3.79. The summed E-state index contributed by atoms with van der Waals surface area (Å²) in [6, 6.07) is 0. The molecule has 2 aliphatic carbocycles. The highest BCUT2D eigenvalue weighted by atomic mass is 14.6. The van der Waals surface area contributed by atoms with Crippen LogP contribution in [0.2, 0.25) is 0 Å². The number of rotatable bonds is 0. The van der Waals surface area contributed by atoms with Crippen LogP contribution in [0.25, 0.3) is 0 Å². The monoisotopic (exact) mass is 110 g/mol. The van der Waals surface area contributed by atoms with Crippen molar-refractivity contribution in [2.75, 3.05) is 0 Å². The molecule has 0 aromatic carbocycles. The number of hydrogen-bond acceptors (Lipinski definition) is 0. The van der Waals surface area contributed by atoms with E-state index in [-0.39, 0.29) is 0 Å². The molecule has 0 nitrogen and oxygen atoms in total. The summed E-state index contributed by atoms with van der Waals surface area (Å²) in [7, 11) is 0. The molecule has 2 unspecified atom stereocenters. The molecule has 0 saturated heterocycles. The maximum Gasteiger partial charge on any atom is -0.0352 e. The van der Waals surface area contributed by atoms with E-state index in [0.717, 1.165) is 23.7 Å². The second kappa shape index (κ2) is 1.29. The van der Waals surface area contributed by atoms with Crippen LogP contribution in [0.5, 0.6) is 0 Å². The Labute approximate surface area is 51.3 Å². The van der Waals surface area contributed by atoms with Crippen LogP contribution < -0.4 is 0 Å². The molecule has 0 aromatic heterocycles. The standard InChI is InChI=1S/C8H14/c1-5-3-7-6(2)8(7)4-5/h5-8H,3-4H2,1-2H3. The summed E-state index contributed by atoms with van der Waals surface area (Å²) in [6.07, 6.45) is 3.07. The van der Waals surface area contributed by atoms with E-state index < -0.39 is 0 Å². The fraction of sp³-hybridized carbons (Fsp3) is 1.00. The van der Waals surface area contributed by atoms with Crippen molar-refractivity contribution in [1.29, 1.82) is 0 Å². The van der Waals surface area contributed by atoms with Crippen molar-refractivity contribution >= 4 is 0 Å². The zero-order valence-electron chi connectivity index (χ0n) is 5.72. The SMILES string of the molecule is CC1CC2C(C)C2C1. The van der Waals surface area contributed by atoms with Gasteiger partial charge in [0.2, 0.25) is 0 Å². The van der Waals surface area contributed by atoms with E-state index >= 15 is 0 Å². The minimum atomic E-state index is 1.06. The van der Waals surface area contributed by atoms with Crippen molar-refractivity contribution in [2.24, 2.45) is 23.7 Å². The molecule has 0 radical (unpaired) electrons. The van der Waals surface area contributed by atoms with Crippen LogP contribution >= 0.6 is 0 Å². The third kappa shape index (κ3) is 0.463. The van der Waals surface area contributed by atoms with E-state index in [1.807, 2.05) is 0 Å². The van der Waals surface area contributed by atoms with Crippen molar-refractivity contribution in [2.45, 2.75) is 26.7 Å². The third-order valence-corrected chi connectivity index (χ3v) is 3.11. The molecular formula is C8H14. The van der Waals surface area contributed by atoms with Crippen LogP contribution in [0.15, 0.2) is 0 Å². The van der Waals surface area contributed by atoms with E-state index in [4.69, 9.17) is 0 Å². The predicted molar refractivity (Wildman–Crippen MR) is 34.5 cm³/mol. The Morgan fingerprint density at radius 1 is 1.00 bits per heavy atom. The van der Waals surface area contributed by atoms with Crippen molar-refractivity contribution in [3.8, 4) is 0 Å². The van der Waals surface area contributed by atoms with Gasteiger partial charge in [-0.2, -0.15) is 0 Å². The van der Waals surface area contributed by atoms with Gasteiger partial charge in [-0.05, 0) is 36.5 Å². The Balaban J connectivity index is 2.00. The molecular weight excluding hydrogens is 96.1 g/mol. The van der Waals surface area contributed by atoms with Gasteiger partial charge in [-0.15, -0.1) is 0 Å². The normalized spacial score (nSPS) is 60.8. The van der Waals surface area contributed by atoms with Gasteiger partial charge in [0.25, 0.3) is 0 Å². The van der Waals surface area contributed by atoms with Gasteiger partial charge in [-0.25, -0.2) is 0 Å². The van der Waals surface area contributed by atoms with Crippen LogP contribution in [0, 0.1) is 23.7 Å². The van der Waals surface area contributed by atoms with Crippen LogP contribution in [0.1, 0.15) is 26.7 Å². The van der Waals surface area contributed by atoms with Gasteiger partial charge < -0.3 is 0 Å². The topological polar surface area (TPSA) is 0 Å². The zero-order valence-corrected chi connectivity index (χ0v) is 5.72. The highest BCUT2D eigenvalue weighted by Crippen LogP contribution is 2.58. The summed E-state index contributed by atoms with van der Waals surface area (Å²) >= 11 is 0. The minimum Gasteiger partial charge on any atom is -0.0625 e. The Morgan fingerprint density at radius 3 is 1.88 bits per heavy atom. The molecule has 46 valence electrons. The second-order valence-corrected chi connectivity index (χ2v) is 3.76. The van der Waals surface area contributed by atoms with E-state index in [9.17, 15) is 0 Å². The molecule has 2 atom stereocenters. The van der Waals surface area contributed by atoms with Crippen molar-refractivity contribution < 1.29 is 0 Å². The molecule has 0 amide bonds. The lowest BCUT2D eigenvalue weighted by atomic mass is 10.0. The maximum atomic E-state index is 2.40. The molecule has 0 heterocycles. The van der Waals surface area contributed by atoms with Crippen molar-refractivity contribution in [3.63, 3.8) is 0 Å². The van der Waals surface area contributed by atoms with Gasteiger partial charge >= 0.3 is 0 Å². The summed E-state index contributed by atoms with van der Waals surface area (Å²) in [5, 5.41) is 0. The smallest absolute Gasteiger partial charge is 0.0352 e. The van der Waals surface area contributed by atoms with Crippen molar-refractivity contribution in [3.05, 3.63) is 0 Å². The Kier molecular flexibility index (Phi) is 0.778. The van der Waals surface area contributed by atoms with Crippen LogP contribution in [-0.2, 0) is 0 Å². The van der Waals surface area contributed by atoms with E-state index in [1.165, 1.54) is 12.8 Å². The van der Waals surface area contributed by atoms with E-state index in [2.05, 4.69) is 13.8 Å². The van der Waals surface area contributed by atoms with Crippen LogP contribution in [0.4, 0.5) is 0 Å². The van der Waals surface area contributed by atoms with E-state index in [0.29, 0.717) is 0 Å². The highest BCUT2D eigenvalue weighted by Gasteiger charge is 2.51. The molecule has 0 spiro atoms. The molecule has 2 saturated carbocycles. The largest absolute Gasteiger partial charge is 0.0625 e. The zero-order chi connectivity index (χ0) is 5.72. The van der Waals surface area contributed by atoms with Crippen LogP contribution in [-0.4, -0.2) is 0 Å². The first-order chi connectivity index (χ1) is 3.79. The molecule has 0 aliphatic heterocycles. The highest BCUT2D eigenvalue weighted by molar-refractivity contribution is 5.00. The summed E-state index contributed by atoms with van der Waals surface area (Å²) in [4.78, 5) is 0. The third-order valence-electron chi connectivity index (χ3n) is 3.11. The van der Waals surface area contributed by atoms with Crippen molar-refractivity contribution in [1.82, 2.24) is 0 Å². The van der Waals surface area contributed by atoms with Gasteiger partial charge in [-0.3, -0.25) is 0 Å². The van der Waals surface area contributed by atoms with Gasteiger partial charge in [0.1, 0.15) is 0 Å². The molecule has 0 N–H and O–H groups in total. The quantitative estimate of drug-likeness (QED) is 0.449. The Hall–Kier alpha value is 0. The summed E-state index contributed by atoms with van der Waals surface area (Å²) in [5.41, 5.74) is 0. The summed E-state index contributed by atoms with van der Waals surface area (Å²) in [5.74, 6) is 4.47. The minimum absolute atomic E-state index is 1.06. The lowest BCUT2D eigenvalue weighted by molar-refractivity contribution is 0.487. The molecule has 2 aliphatic rings. The average molecular weight is 110 g/mol.